The van der Waals surface area contributed by atoms with Crippen LogP contribution in [0.2, 0.25) is 0 Å². The zero-order valence-corrected chi connectivity index (χ0v) is 9.26. The van der Waals surface area contributed by atoms with E-state index in [4.69, 9.17) is 5.73 Å². The number of fused-ring (bicyclic) bond motifs is 1. The highest BCUT2D eigenvalue weighted by Gasteiger charge is 2.11. The largest absolute Gasteiger partial charge is 0.385 e. The van der Waals surface area contributed by atoms with Gasteiger partial charge in [-0.25, -0.2) is 0 Å². The van der Waals surface area contributed by atoms with Crippen molar-refractivity contribution >= 4 is 5.69 Å². The smallest absolute Gasteiger partial charge is 0.0375 e. The molecule has 0 saturated heterocycles. The van der Waals surface area contributed by atoms with E-state index in [1.807, 2.05) is 0 Å². The van der Waals surface area contributed by atoms with Crippen LogP contribution in [0.5, 0.6) is 0 Å². The molecule has 1 aliphatic carbocycles. The summed E-state index contributed by atoms with van der Waals surface area (Å²) in [7, 11) is 0. The minimum absolute atomic E-state index is 0.766. The zero-order valence-electron chi connectivity index (χ0n) is 9.26. The van der Waals surface area contributed by atoms with Gasteiger partial charge in [0.05, 0.1) is 0 Å². The molecule has 2 rings (SSSR count). The summed E-state index contributed by atoms with van der Waals surface area (Å²) in [6.07, 6.45) is 6.22. The van der Waals surface area contributed by atoms with Crippen LogP contribution in [-0.2, 0) is 12.8 Å². The molecule has 0 saturated carbocycles. The van der Waals surface area contributed by atoms with Crippen molar-refractivity contribution in [3.05, 3.63) is 29.3 Å². The van der Waals surface area contributed by atoms with Crippen LogP contribution in [0.3, 0.4) is 0 Å². The van der Waals surface area contributed by atoms with Crippen molar-refractivity contribution in [1.29, 1.82) is 0 Å². The molecule has 82 valence electrons. The molecule has 0 fully saturated rings. The number of rotatable bonds is 4. The Kier molecular flexibility index (Phi) is 3.62. The minimum atomic E-state index is 0.766. The van der Waals surface area contributed by atoms with Crippen LogP contribution in [0.4, 0.5) is 5.69 Å². The van der Waals surface area contributed by atoms with Gasteiger partial charge < -0.3 is 11.1 Å². The van der Waals surface area contributed by atoms with Crippen molar-refractivity contribution in [2.45, 2.75) is 32.1 Å². The first-order valence-electron chi connectivity index (χ1n) is 5.96. The Morgan fingerprint density at radius 2 is 2.07 bits per heavy atom. The van der Waals surface area contributed by atoms with Gasteiger partial charge in [0.25, 0.3) is 0 Å². The molecule has 0 amide bonds. The summed E-state index contributed by atoms with van der Waals surface area (Å²) in [6, 6.07) is 6.62. The van der Waals surface area contributed by atoms with Crippen molar-refractivity contribution in [1.82, 2.24) is 0 Å². The van der Waals surface area contributed by atoms with Crippen molar-refractivity contribution in [2.75, 3.05) is 18.4 Å². The fraction of sp³-hybridized carbons (Fsp3) is 0.538. The summed E-state index contributed by atoms with van der Waals surface area (Å²) >= 11 is 0. The highest BCUT2D eigenvalue weighted by molar-refractivity contribution is 5.55. The van der Waals surface area contributed by atoms with Crippen LogP contribution in [-0.4, -0.2) is 13.1 Å². The number of benzene rings is 1. The highest BCUT2D eigenvalue weighted by Crippen LogP contribution is 2.27. The lowest BCUT2D eigenvalue weighted by Crippen LogP contribution is -2.12. The van der Waals surface area contributed by atoms with Gasteiger partial charge in [-0.3, -0.25) is 0 Å². The van der Waals surface area contributed by atoms with Crippen LogP contribution in [0.25, 0.3) is 0 Å². The van der Waals surface area contributed by atoms with Gasteiger partial charge in [-0.2, -0.15) is 0 Å². The minimum Gasteiger partial charge on any atom is -0.385 e. The molecule has 2 heteroatoms. The van der Waals surface area contributed by atoms with Gasteiger partial charge in [-0.05, 0) is 55.8 Å². The van der Waals surface area contributed by atoms with Crippen molar-refractivity contribution in [2.24, 2.45) is 5.73 Å². The van der Waals surface area contributed by atoms with E-state index in [0.717, 1.165) is 19.5 Å². The van der Waals surface area contributed by atoms with E-state index in [-0.39, 0.29) is 0 Å². The van der Waals surface area contributed by atoms with E-state index >= 15 is 0 Å². The fourth-order valence-electron chi connectivity index (χ4n) is 2.27. The Morgan fingerprint density at radius 3 is 2.93 bits per heavy atom. The number of nitrogens with one attached hydrogen (secondary N) is 1. The third kappa shape index (κ3) is 2.51. The van der Waals surface area contributed by atoms with Gasteiger partial charge in [0, 0.05) is 12.2 Å². The second kappa shape index (κ2) is 5.17. The summed E-state index contributed by atoms with van der Waals surface area (Å²) < 4.78 is 0. The van der Waals surface area contributed by atoms with E-state index in [1.54, 1.807) is 11.1 Å². The number of aryl methyl sites for hydroxylation is 1. The van der Waals surface area contributed by atoms with E-state index < -0.39 is 0 Å². The molecule has 3 N–H and O–H groups in total. The maximum absolute atomic E-state index is 5.49. The molecule has 0 spiro atoms. The van der Waals surface area contributed by atoms with Gasteiger partial charge in [-0.1, -0.05) is 12.1 Å². The summed E-state index contributed by atoms with van der Waals surface area (Å²) in [6.45, 7) is 1.76. The van der Waals surface area contributed by atoms with Gasteiger partial charge in [-0.15, -0.1) is 0 Å². The molecule has 0 bridgehead atoms. The Labute approximate surface area is 91.9 Å². The standard InChI is InChI=1S/C13H20N2/c14-9-4-10-15-13-8-3-6-11-5-1-2-7-12(11)13/h3,6,8,15H,1-2,4-5,7,9-10,14H2. The maximum atomic E-state index is 5.49. The molecule has 0 atom stereocenters. The molecule has 1 aliphatic rings. The second-order valence-electron chi connectivity index (χ2n) is 4.22. The monoisotopic (exact) mass is 204 g/mol. The fourth-order valence-corrected chi connectivity index (χ4v) is 2.27. The van der Waals surface area contributed by atoms with Crippen LogP contribution in [0, 0.1) is 0 Å². The predicted molar refractivity (Wildman–Crippen MR) is 65.2 cm³/mol. The Balaban J connectivity index is 2.09. The van der Waals surface area contributed by atoms with Crippen molar-refractivity contribution in [3.63, 3.8) is 0 Å². The lowest BCUT2D eigenvalue weighted by molar-refractivity contribution is 0.686. The first-order chi connectivity index (χ1) is 7.42. The quantitative estimate of drug-likeness (QED) is 0.739. The van der Waals surface area contributed by atoms with Crippen LogP contribution < -0.4 is 11.1 Å². The summed E-state index contributed by atoms with van der Waals surface area (Å²) in [5.41, 5.74) is 9.91. The predicted octanol–water partition coefficient (Wildman–Crippen LogP) is 2.33. The van der Waals surface area contributed by atoms with Crippen LogP contribution in [0.15, 0.2) is 18.2 Å². The molecule has 0 aliphatic heterocycles. The van der Waals surface area contributed by atoms with Gasteiger partial charge >= 0.3 is 0 Å². The molecule has 1 aromatic rings. The average molecular weight is 204 g/mol. The van der Waals surface area contributed by atoms with Crippen molar-refractivity contribution in [3.8, 4) is 0 Å². The van der Waals surface area contributed by atoms with Gasteiger partial charge in [0.1, 0.15) is 0 Å². The first kappa shape index (κ1) is 10.5. The van der Waals surface area contributed by atoms with Crippen molar-refractivity contribution < 1.29 is 0 Å². The molecule has 2 nitrogen and oxygen atoms in total. The summed E-state index contributed by atoms with van der Waals surface area (Å²) in [5, 5.41) is 3.49. The maximum Gasteiger partial charge on any atom is 0.0375 e. The third-order valence-electron chi connectivity index (χ3n) is 3.09. The topological polar surface area (TPSA) is 38.0 Å². The van der Waals surface area contributed by atoms with E-state index in [1.165, 1.54) is 31.4 Å². The van der Waals surface area contributed by atoms with Crippen LogP contribution in [0.1, 0.15) is 30.4 Å². The summed E-state index contributed by atoms with van der Waals surface area (Å²) in [5.74, 6) is 0. The molecule has 0 unspecified atom stereocenters. The molecule has 0 heterocycles. The highest BCUT2D eigenvalue weighted by atomic mass is 14.9. The lowest BCUT2D eigenvalue weighted by Gasteiger charge is -2.20. The third-order valence-corrected chi connectivity index (χ3v) is 3.09. The SMILES string of the molecule is NCCCNc1cccc2c1CCCC2. The van der Waals surface area contributed by atoms with E-state index in [0.29, 0.717) is 0 Å². The van der Waals surface area contributed by atoms with E-state index in [2.05, 4.69) is 23.5 Å². The van der Waals surface area contributed by atoms with E-state index in [9.17, 15) is 0 Å². The molecular formula is C13H20N2. The number of hydrogen-bond donors (Lipinski definition) is 2. The molecule has 0 radical (unpaired) electrons. The van der Waals surface area contributed by atoms with Gasteiger partial charge in [0.2, 0.25) is 0 Å². The zero-order chi connectivity index (χ0) is 10.5. The summed E-state index contributed by atoms with van der Waals surface area (Å²) in [4.78, 5) is 0. The average Bonchev–Trinajstić information content (AvgIpc) is 2.30. The number of hydrogen-bond acceptors (Lipinski definition) is 2. The number of anilines is 1. The lowest BCUT2D eigenvalue weighted by atomic mass is 9.90. The molecule has 1 aromatic carbocycles. The Morgan fingerprint density at radius 1 is 1.20 bits per heavy atom. The first-order valence-corrected chi connectivity index (χ1v) is 5.96. The second-order valence-corrected chi connectivity index (χ2v) is 4.22. The van der Waals surface area contributed by atoms with Gasteiger partial charge in [0.15, 0.2) is 0 Å². The Hall–Kier alpha value is -1.02. The molecular weight excluding hydrogens is 184 g/mol. The normalized spacial score (nSPS) is 14.7. The Bertz CT molecular complexity index is 320. The molecule has 0 aromatic heterocycles. The number of nitrogens with two attached hydrogens (primary N) is 1. The van der Waals surface area contributed by atoms with Crippen LogP contribution >= 0.6 is 0 Å². The molecule has 15 heavy (non-hydrogen) atoms.